The van der Waals surface area contributed by atoms with Crippen molar-refractivity contribution in [3.05, 3.63) is 0 Å². The second-order valence-electron chi connectivity index (χ2n) is 2.81. The van der Waals surface area contributed by atoms with Crippen LogP contribution in [0.15, 0.2) is 0 Å². The molecule has 0 aromatic rings. The summed E-state index contributed by atoms with van der Waals surface area (Å²) in [4.78, 5) is 19.7. The molecule has 0 heterocycles. The minimum absolute atomic E-state index is 0.429. The van der Waals surface area contributed by atoms with Crippen molar-refractivity contribution in [3.8, 4) is 0 Å². The summed E-state index contributed by atoms with van der Waals surface area (Å²) in [5.74, 6) is -1.37. The summed E-state index contributed by atoms with van der Waals surface area (Å²) in [5.41, 5.74) is 10.1. The molecule has 6 nitrogen and oxygen atoms in total. The molecule has 0 saturated carbocycles. The van der Waals surface area contributed by atoms with Crippen LogP contribution in [0.3, 0.4) is 0 Å². The zero-order valence-corrected chi connectivity index (χ0v) is 9.48. The lowest BCUT2D eigenvalue weighted by Gasteiger charge is -2.00. The van der Waals surface area contributed by atoms with Gasteiger partial charge in [0.15, 0.2) is 0 Å². The van der Waals surface area contributed by atoms with E-state index >= 15 is 0 Å². The number of aliphatic carboxylic acids is 2. The van der Waals surface area contributed by atoms with E-state index in [1.54, 1.807) is 6.92 Å². The first-order valence-corrected chi connectivity index (χ1v) is 5.07. The summed E-state index contributed by atoms with van der Waals surface area (Å²) in [5, 5.41) is 16.2. The SMILES string of the molecule is CCC(N)C(=O)O.NC(CCS)C(=O)O. The van der Waals surface area contributed by atoms with Gasteiger partial charge in [0.25, 0.3) is 0 Å². The second kappa shape index (κ2) is 9.75. The van der Waals surface area contributed by atoms with Crippen LogP contribution in [0.1, 0.15) is 19.8 Å². The number of carboxylic acids is 2. The maximum Gasteiger partial charge on any atom is 0.320 e. The fraction of sp³-hybridized carbons (Fsp3) is 0.750. The lowest BCUT2D eigenvalue weighted by atomic mass is 10.2. The first-order valence-electron chi connectivity index (χ1n) is 4.44. The number of nitrogens with two attached hydrogens (primary N) is 2. The molecule has 0 saturated heterocycles. The highest BCUT2D eigenvalue weighted by molar-refractivity contribution is 7.80. The summed E-state index contributed by atoms with van der Waals surface area (Å²) in [6, 6.07) is -1.42. The van der Waals surface area contributed by atoms with Crippen molar-refractivity contribution < 1.29 is 19.8 Å². The summed E-state index contributed by atoms with van der Waals surface area (Å²) in [6.07, 6.45) is 0.924. The van der Waals surface area contributed by atoms with Crippen LogP contribution in [-0.4, -0.2) is 40.0 Å². The van der Waals surface area contributed by atoms with Crippen molar-refractivity contribution in [1.82, 2.24) is 0 Å². The van der Waals surface area contributed by atoms with Crippen LogP contribution in [0.2, 0.25) is 0 Å². The van der Waals surface area contributed by atoms with Crippen molar-refractivity contribution in [2.45, 2.75) is 31.8 Å². The molecular formula is C8H18N2O4S. The Kier molecular flexibility index (Phi) is 10.8. The zero-order chi connectivity index (χ0) is 12.4. The highest BCUT2D eigenvalue weighted by Crippen LogP contribution is 1.88. The fourth-order valence-corrected chi connectivity index (χ4v) is 0.715. The maximum atomic E-state index is 9.93. The topological polar surface area (TPSA) is 127 Å². The molecule has 0 aliphatic rings. The Hall–Kier alpha value is -0.790. The highest BCUT2D eigenvalue weighted by Gasteiger charge is 2.08. The molecule has 0 aliphatic heterocycles. The third-order valence-corrected chi connectivity index (χ3v) is 1.77. The Morgan fingerprint density at radius 2 is 1.60 bits per heavy atom. The van der Waals surface area contributed by atoms with E-state index in [2.05, 4.69) is 12.6 Å². The second-order valence-corrected chi connectivity index (χ2v) is 3.26. The molecule has 15 heavy (non-hydrogen) atoms. The molecule has 0 fully saturated rings. The van der Waals surface area contributed by atoms with Crippen LogP contribution >= 0.6 is 12.6 Å². The van der Waals surface area contributed by atoms with Gasteiger partial charge in [0.2, 0.25) is 0 Å². The molecule has 7 heteroatoms. The molecule has 2 atom stereocenters. The molecular weight excluding hydrogens is 220 g/mol. The van der Waals surface area contributed by atoms with Gasteiger partial charge in [-0.1, -0.05) is 6.92 Å². The number of hydrogen-bond donors (Lipinski definition) is 5. The number of rotatable bonds is 5. The van der Waals surface area contributed by atoms with E-state index in [-0.39, 0.29) is 0 Å². The molecule has 0 rings (SSSR count). The van der Waals surface area contributed by atoms with Gasteiger partial charge in [-0.2, -0.15) is 12.6 Å². The van der Waals surface area contributed by atoms with E-state index in [1.165, 1.54) is 0 Å². The summed E-state index contributed by atoms with van der Waals surface area (Å²) in [6.45, 7) is 1.73. The van der Waals surface area contributed by atoms with Gasteiger partial charge >= 0.3 is 11.9 Å². The Morgan fingerprint density at radius 1 is 1.20 bits per heavy atom. The number of carboxylic acid groups (broad SMARTS) is 2. The quantitative estimate of drug-likeness (QED) is 0.412. The van der Waals surface area contributed by atoms with E-state index in [1.807, 2.05) is 0 Å². The van der Waals surface area contributed by atoms with Gasteiger partial charge in [-0.3, -0.25) is 9.59 Å². The standard InChI is InChI=1S/C4H9NO2S.C4H9NO2/c5-3(1-2-8)4(6)7;1-2-3(5)4(6)7/h3,8H,1-2,5H2,(H,6,7);3H,2,5H2,1H3,(H,6,7). The van der Waals surface area contributed by atoms with E-state index in [4.69, 9.17) is 21.7 Å². The largest absolute Gasteiger partial charge is 0.480 e. The van der Waals surface area contributed by atoms with Crippen molar-refractivity contribution >= 4 is 24.6 Å². The minimum atomic E-state index is -0.959. The van der Waals surface area contributed by atoms with Crippen LogP contribution in [0.25, 0.3) is 0 Å². The van der Waals surface area contributed by atoms with Gasteiger partial charge in [0.05, 0.1) is 0 Å². The van der Waals surface area contributed by atoms with Crippen molar-refractivity contribution in [3.63, 3.8) is 0 Å². The maximum absolute atomic E-state index is 9.93. The summed E-state index contributed by atoms with van der Waals surface area (Å²) in [7, 11) is 0. The molecule has 6 N–H and O–H groups in total. The highest BCUT2D eigenvalue weighted by atomic mass is 32.1. The van der Waals surface area contributed by atoms with Crippen LogP contribution in [0.5, 0.6) is 0 Å². The molecule has 0 amide bonds. The van der Waals surface area contributed by atoms with Crippen LogP contribution in [0, 0.1) is 0 Å². The van der Waals surface area contributed by atoms with E-state index in [0.717, 1.165) is 0 Å². The van der Waals surface area contributed by atoms with Gasteiger partial charge in [-0.05, 0) is 18.6 Å². The van der Waals surface area contributed by atoms with Crippen LogP contribution < -0.4 is 11.5 Å². The molecule has 90 valence electrons. The van der Waals surface area contributed by atoms with E-state index in [0.29, 0.717) is 18.6 Å². The summed E-state index contributed by atoms with van der Waals surface area (Å²) < 4.78 is 0. The van der Waals surface area contributed by atoms with Crippen molar-refractivity contribution in [2.24, 2.45) is 11.5 Å². The number of hydrogen-bond acceptors (Lipinski definition) is 5. The third kappa shape index (κ3) is 11.1. The van der Waals surface area contributed by atoms with Crippen LogP contribution in [-0.2, 0) is 9.59 Å². The minimum Gasteiger partial charge on any atom is -0.480 e. The van der Waals surface area contributed by atoms with Crippen molar-refractivity contribution in [1.29, 1.82) is 0 Å². The predicted molar refractivity (Wildman–Crippen MR) is 60.0 cm³/mol. The zero-order valence-electron chi connectivity index (χ0n) is 8.59. The Morgan fingerprint density at radius 3 is 1.67 bits per heavy atom. The first-order chi connectivity index (χ1) is 6.86. The van der Waals surface area contributed by atoms with Gasteiger partial charge in [-0.15, -0.1) is 0 Å². The number of carbonyl (C=O) groups is 2. The van der Waals surface area contributed by atoms with Gasteiger partial charge < -0.3 is 21.7 Å². The van der Waals surface area contributed by atoms with Gasteiger partial charge in [-0.25, -0.2) is 0 Å². The average molecular weight is 238 g/mol. The smallest absolute Gasteiger partial charge is 0.320 e. The fourth-order valence-electron chi connectivity index (χ4n) is 0.437. The third-order valence-electron chi connectivity index (χ3n) is 1.51. The average Bonchev–Trinajstić information content (AvgIpc) is 2.17. The lowest BCUT2D eigenvalue weighted by Crippen LogP contribution is -2.30. The summed E-state index contributed by atoms with van der Waals surface area (Å²) >= 11 is 3.81. The van der Waals surface area contributed by atoms with E-state index in [9.17, 15) is 9.59 Å². The Balaban J connectivity index is 0. The molecule has 0 bridgehead atoms. The Bertz CT molecular complexity index is 201. The van der Waals surface area contributed by atoms with E-state index < -0.39 is 24.0 Å². The number of thiol groups is 1. The van der Waals surface area contributed by atoms with Gasteiger partial charge in [0, 0.05) is 0 Å². The predicted octanol–water partition coefficient (Wildman–Crippen LogP) is -0.473. The molecule has 0 aromatic carbocycles. The Labute approximate surface area is 94.0 Å². The first kappa shape index (κ1) is 16.6. The van der Waals surface area contributed by atoms with Crippen LogP contribution in [0.4, 0.5) is 0 Å². The normalized spacial score (nSPS) is 13.3. The lowest BCUT2D eigenvalue weighted by molar-refractivity contribution is -0.139. The molecule has 2 unspecified atom stereocenters. The molecule has 0 radical (unpaired) electrons. The molecule has 0 aliphatic carbocycles. The van der Waals surface area contributed by atoms with Crippen molar-refractivity contribution in [2.75, 3.05) is 5.75 Å². The molecule has 0 spiro atoms. The molecule has 0 aromatic heterocycles. The monoisotopic (exact) mass is 238 g/mol. The van der Waals surface area contributed by atoms with Gasteiger partial charge in [0.1, 0.15) is 12.1 Å².